The van der Waals surface area contributed by atoms with Crippen LogP contribution in [0.1, 0.15) is 19.3 Å². The molecule has 82 valence electrons. The van der Waals surface area contributed by atoms with Gasteiger partial charge in [-0.25, -0.2) is 9.59 Å². The second kappa shape index (κ2) is 5.00. The van der Waals surface area contributed by atoms with Crippen LogP contribution in [0.5, 0.6) is 11.5 Å². The fourth-order valence-electron chi connectivity index (χ4n) is 1.23. The summed E-state index contributed by atoms with van der Waals surface area (Å²) in [5.41, 5.74) is 0. The molecule has 1 aromatic rings. The zero-order chi connectivity index (χ0) is 11.0. The zero-order valence-electron chi connectivity index (χ0n) is 8.06. The van der Waals surface area contributed by atoms with Crippen molar-refractivity contribution < 1.29 is 56.6 Å². The van der Waals surface area contributed by atoms with Crippen LogP contribution in [-0.2, 0) is 27.3 Å². The van der Waals surface area contributed by atoms with E-state index in [1.807, 2.05) is 0 Å². The number of carbonyl (C=O) groups is 2. The van der Waals surface area contributed by atoms with E-state index in [0.717, 1.165) is 0 Å². The molecule has 2 N–H and O–H groups in total. The van der Waals surface area contributed by atoms with Gasteiger partial charge in [-0.1, -0.05) is 0 Å². The third-order valence-electron chi connectivity index (χ3n) is 1.79. The average Bonchev–Trinajstić information content (AvgIpc) is 2.56. The molecule has 0 saturated heterocycles. The molecule has 0 saturated carbocycles. The minimum Gasteiger partial charge on any atom is -0.484 e. The fraction of sp³-hybridized carbons (Fsp3) is 0.250. The Kier molecular flexibility index (Phi) is 4.13. The molecule has 0 aliphatic carbocycles. The van der Waals surface area contributed by atoms with Crippen LogP contribution >= 0.6 is 11.3 Å². The quantitative estimate of drug-likeness (QED) is 0.776. The number of carboxylic acid groups (broad SMARTS) is 2. The normalized spacial score (nSPS) is 12.8. The number of hydrogen-bond acceptors (Lipinski definition) is 5. The van der Waals surface area contributed by atoms with E-state index in [2.05, 4.69) is 0 Å². The molecule has 1 aromatic heterocycles. The third kappa shape index (κ3) is 2.14. The Morgan fingerprint density at radius 1 is 1.00 bits per heavy atom. The first-order valence-corrected chi connectivity index (χ1v) is 4.82. The van der Waals surface area contributed by atoms with E-state index in [-0.39, 0.29) is 61.8 Å². The number of hydrogen-bond donors (Lipinski definition) is 2. The fourth-order valence-corrected chi connectivity index (χ4v) is 2.10. The smallest absolute Gasteiger partial charge is 0.349 e. The molecule has 1 aliphatic rings. The van der Waals surface area contributed by atoms with E-state index in [1.54, 1.807) is 0 Å². The molecular formula is C8H6CdO6S. The van der Waals surface area contributed by atoms with Gasteiger partial charge >= 0.3 is 11.9 Å². The van der Waals surface area contributed by atoms with Crippen molar-refractivity contribution in [2.24, 2.45) is 0 Å². The van der Waals surface area contributed by atoms with Gasteiger partial charge in [-0.15, -0.1) is 11.3 Å². The molecule has 6 nitrogen and oxygen atoms in total. The summed E-state index contributed by atoms with van der Waals surface area (Å²) >= 11 is 0.642. The summed E-state index contributed by atoms with van der Waals surface area (Å²) in [4.78, 5) is 21.3. The van der Waals surface area contributed by atoms with Gasteiger partial charge in [-0.05, 0) is 0 Å². The number of ether oxygens (including phenoxy) is 2. The second-order valence-corrected chi connectivity index (χ2v) is 3.75. The van der Waals surface area contributed by atoms with Crippen LogP contribution in [0, 0.1) is 0 Å². The molecule has 0 fully saturated rings. The van der Waals surface area contributed by atoms with Crippen LogP contribution in [0.3, 0.4) is 0 Å². The first-order chi connectivity index (χ1) is 7.11. The number of carboxylic acids is 2. The molecule has 16 heavy (non-hydrogen) atoms. The van der Waals surface area contributed by atoms with Gasteiger partial charge in [0.15, 0.2) is 21.3 Å². The Morgan fingerprint density at radius 2 is 1.38 bits per heavy atom. The maximum atomic E-state index is 10.8. The zero-order valence-corrected chi connectivity index (χ0v) is 12.9. The Hall–Kier alpha value is -0.838. The molecule has 0 aromatic carbocycles. The predicted octanol–water partition coefficient (Wildman–Crippen LogP) is 0.913. The van der Waals surface area contributed by atoms with E-state index in [9.17, 15) is 9.59 Å². The van der Waals surface area contributed by atoms with E-state index in [1.165, 1.54) is 0 Å². The molecule has 0 amide bonds. The van der Waals surface area contributed by atoms with Gasteiger partial charge in [0.1, 0.15) is 13.2 Å². The van der Waals surface area contributed by atoms with Gasteiger partial charge in [0.25, 0.3) is 0 Å². The first kappa shape index (κ1) is 13.2. The van der Waals surface area contributed by atoms with Crippen LogP contribution in [0.25, 0.3) is 0 Å². The number of aromatic carboxylic acids is 2. The second-order valence-electron chi connectivity index (χ2n) is 2.73. The van der Waals surface area contributed by atoms with Crippen molar-refractivity contribution in [3.8, 4) is 11.5 Å². The minimum atomic E-state index is -1.21. The Balaban J connectivity index is 0.00000128. The van der Waals surface area contributed by atoms with Gasteiger partial charge in [0.05, 0.1) is 0 Å². The summed E-state index contributed by atoms with van der Waals surface area (Å²) in [5, 5.41) is 17.6. The Morgan fingerprint density at radius 3 is 1.69 bits per heavy atom. The molecule has 0 spiro atoms. The summed E-state index contributed by atoms with van der Waals surface area (Å²) in [6, 6.07) is 0. The summed E-state index contributed by atoms with van der Waals surface area (Å²) in [5.74, 6) is -2.38. The van der Waals surface area contributed by atoms with Gasteiger partial charge in [-0.2, -0.15) is 0 Å². The van der Waals surface area contributed by atoms with Gasteiger partial charge in [0.2, 0.25) is 0 Å². The predicted molar refractivity (Wildman–Crippen MR) is 49.2 cm³/mol. The summed E-state index contributed by atoms with van der Waals surface area (Å²) in [7, 11) is 0. The van der Waals surface area contributed by atoms with Crippen molar-refractivity contribution in [3.63, 3.8) is 0 Å². The molecule has 2 rings (SSSR count). The Labute approximate surface area is 114 Å². The van der Waals surface area contributed by atoms with E-state index < -0.39 is 11.9 Å². The Bertz CT molecular complexity index is 401. The molecule has 0 bridgehead atoms. The van der Waals surface area contributed by atoms with Crippen molar-refractivity contribution in [2.45, 2.75) is 0 Å². The first-order valence-electron chi connectivity index (χ1n) is 4.00. The topological polar surface area (TPSA) is 93.1 Å². The largest absolute Gasteiger partial charge is 0.484 e. The molecule has 0 unspecified atom stereocenters. The number of thiophene rings is 1. The van der Waals surface area contributed by atoms with Gasteiger partial charge < -0.3 is 19.7 Å². The maximum absolute atomic E-state index is 10.8. The van der Waals surface area contributed by atoms with Crippen LogP contribution in [0.2, 0.25) is 0 Å². The summed E-state index contributed by atoms with van der Waals surface area (Å²) in [6.45, 7) is 0.451. The van der Waals surface area contributed by atoms with Crippen LogP contribution in [0.15, 0.2) is 0 Å². The minimum absolute atomic E-state index is 0. The summed E-state index contributed by atoms with van der Waals surface area (Å²) < 4.78 is 10.2. The van der Waals surface area contributed by atoms with E-state index in [0.29, 0.717) is 11.3 Å². The monoisotopic (exact) mass is 344 g/mol. The number of fused-ring (bicyclic) bond motifs is 1. The van der Waals surface area contributed by atoms with Gasteiger partial charge in [-0.3, -0.25) is 0 Å². The van der Waals surface area contributed by atoms with E-state index in [4.69, 9.17) is 19.7 Å². The molecule has 2 heterocycles. The average molecular weight is 343 g/mol. The van der Waals surface area contributed by atoms with Crippen molar-refractivity contribution in [2.75, 3.05) is 13.2 Å². The molecule has 1 aliphatic heterocycles. The summed E-state index contributed by atoms with van der Waals surface area (Å²) in [6.07, 6.45) is 0. The molecular weight excluding hydrogens is 337 g/mol. The standard InChI is InChI=1S/C8H6O6S.Cd/c9-7(10)5-3-4(14-2-1-13-3)6(15-5)8(11)12;/h1-2H2,(H,9,10)(H,11,12);. The van der Waals surface area contributed by atoms with Crippen LogP contribution < -0.4 is 9.47 Å². The molecule has 0 radical (unpaired) electrons. The number of rotatable bonds is 2. The van der Waals surface area contributed by atoms with Crippen molar-refractivity contribution >= 4 is 23.3 Å². The third-order valence-corrected chi connectivity index (χ3v) is 2.92. The van der Waals surface area contributed by atoms with Crippen molar-refractivity contribution in [1.82, 2.24) is 0 Å². The van der Waals surface area contributed by atoms with Crippen molar-refractivity contribution in [1.29, 1.82) is 0 Å². The molecule has 0 atom stereocenters. The van der Waals surface area contributed by atoms with Crippen LogP contribution in [0.4, 0.5) is 0 Å². The van der Waals surface area contributed by atoms with E-state index >= 15 is 0 Å². The SMILES string of the molecule is O=C(O)c1sc(C(=O)O)c2c1OCCO2.[Cd]. The van der Waals surface area contributed by atoms with Crippen LogP contribution in [-0.4, -0.2) is 35.4 Å². The maximum Gasteiger partial charge on any atom is 0.349 e. The van der Waals surface area contributed by atoms with Crippen molar-refractivity contribution in [3.05, 3.63) is 9.75 Å². The van der Waals surface area contributed by atoms with Gasteiger partial charge in [0, 0.05) is 27.3 Å². The molecule has 8 heteroatoms.